The second kappa shape index (κ2) is 7.37. The second-order valence-electron chi connectivity index (χ2n) is 7.06. The molecule has 0 saturated carbocycles. The SMILES string of the molecule is CCc1nc(CN2CCOc3c(O)cc(-c4ccc(C)s4)cc3C2)c(C)[nH]1. The molecule has 0 aliphatic carbocycles. The van der Waals surface area contributed by atoms with Crippen molar-refractivity contribution in [2.75, 3.05) is 13.2 Å². The highest BCUT2D eigenvalue weighted by molar-refractivity contribution is 7.15. The molecule has 2 N–H and O–H groups in total. The van der Waals surface area contributed by atoms with Crippen LogP contribution in [0, 0.1) is 13.8 Å². The van der Waals surface area contributed by atoms with Gasteiger partial charge in [-0.25, -0.2) is 4.98 Å². The van der Waals surface area contributed by atoms with Crippen LogP contribution in [0.1, 0.15) is 34.6 Å². The van der Waals surface area contributed by atoms with Gasteiger partial charge in [0.25, 0.3) is 0 Å². The van der Waals surface area contributed by atoms with Crippen molar-refractivity contribution >= 4 is 11.3 Å². The summed E-state index contributed by atoms with van der Waals surface area (Å²) in [5.74, 6) is 1.86. The first kappa shape index (κ1) is 18.1. The molecule has 0 saturated heterocycles. The minimum Gasteiger partial charge on any atom is -0.504 e. The number of benzene rings is 1. The Kier molecular flexibility index (Phi) is 4.93. The molecule has 3 heterocycles. The molecule has 3 aromatic rings. The molecule has 1 aliphatic rings. The van der Waals surface area contributed by atoms with E-state index in [0.29, 0.717) is 12.4 Å². The molecule has 1 aliphatic heterocycles. The van der Waals surface area contributed by atoms with Crippen LogP contribution in [0.5, 0.6) is 11.5 Å². The van der Waals surface area contributed by atoms with E-state index >= 15 is 0 Å². The van der Waals surface area contributed by atoms with Crippen molar-refractivity contribution in [3.8, 4) is 21.9 Å². The third kappa shape index (κ3) is 3.73. The Bertz CT molecular complexity index is 960. The van der Waals surface area contributed by atoms with Crippen LogP contribution in [-0.4, -0.2) is 33.1 Å². The number of phenols is 1. The molecule has 27 heavy (non-hydrogen) atoms. The standard InChI is InChI=1S/C21H25N3O2S/c1-4-20-22-14(3)17(23-20)12-24-7-8-26-21-16(11-24)9-15(10-18(21)25)19-6-5-13(2)27-19/h5-6,9-10,25H,4,7-8,11-12H2,1-3H3,(H,22,23). The van der Waals surface area contributed by atoms with E-state index in [1.807, 2.05) is 6.07 Å². The molecule has 0 unspecified atom stereocenters. The number of rotatable bonds is 4. The van der Waals surface area contributed by atoms with Gasteiger partial charge in [0, 0.05) is 47.1 Å². The summed E-state index contributed by atoms with van der Waals surface area (Å²) in [5.41, 5.74) is 4.28. The molecular weight excluding hydrogens is 358 g/mol. The highest BCUT2D eigenvalue weighted by atomic mass is 32.1. The molecule has 0 atom stereocenters. The van der Waals surface area contributed by atoms with Crippen molar-refractivity contribution in [2.24, 2.45) is 0 Å². The number of H-pyrrole nitrogens is 1. The minimum atomic E-state index is 0.222. The lowest BCUT2D eigenvalue weighted by atomic mass is 10.1. The largest absolute Gasteiger partial charge is 0.504 e. The number of ether oxygens (including phenoxy) is 1. The molecule has 4 rings (SSSR count). The molecule has 6 heteroatoms. The van der Waals surface area contributed by atoms with Gasteiger partial charge in [-0.05, 0) is 43.7 Å². The quantitative estimate of drug-likeness (QED) is 0.700. The van der Waals surface area contributed by atoms with E-state index in [-0.39, 0.29) is 5.75 Å². The van der Waals surface area contributed by atoms with E-state index in [9.17, 15) is 5.11 Å². The molecule has 0 radical (unpaired) electrons. The van der Waals surface area contributed by atoms with E-state index in [4.69, 9.17) is 9.72 Å². The zero-order valence-corrected chi connectivity index (χ0v) is 16.8. The van der Waals surface area contributed by atoms with Crippen LogP contribution in [0.3, 0.4) is 0 Å². The molecule has 5 nitrogen and oxygen atoms in total. The van der Waals surface area contributed by atoms with Crippen LogP contribution < -0.4 is 4.74 Å². The van der Waals surface area contributed by atoms with E-state index in [1.165, 1.54) is 4.88 Å². The lowest BCUT2D eigenvalue weighted by molar-refractivity contribution is 0.215. The summed E-state index contributed by atoms with van der Waals surface area (Å²) in [6.07, 6.45) is 0.907. The van der Waals surface area contributed by atoms with Gasteiger partial charge in [-0.3, -0.25) is 4.90 Å². The Morgan fingerprint density at radius 3 is 2.85 bits per heavy atom. The van der Waals surface area contributed by atoms with E-state index in [0.717, 1.165) is 59.3 Å². The average molecular weight is 384 g/mol. The number of hydrogen-bond donors (Lipinski definition) is 2. The second-order valence-corrected chi connectivity index (χ2v) is 8.35. The maximum absolute atomic E-state index is 10.5. The summed E-state index contributed by atoms with van der Waals surface area (Å²) in [6, 6.07) is 8.17. The Morgan fingerprint density at radius 1 is 1.30 bits per heavy atom. The zero-order chi connectivity index (χ0) is 19.0. The lowest BCUT2D eigenvalue weighted by Gasteiger charge is -2.18. The molecule has 0 fully saturated rings. The summed E-state index contributed by atoms with van der Waals surface area (Å²) >= 11 is 1.74. The first-order chi connectivity index (χ1) is 13.0. The third-order valence-corrected chi connectivity index (χ3v) is 6.01. The minimum absolute atomic E-state index is 0.222. The van der Waals surface area contributed by atoms with Gasteiger partial charge >= 0.3 is 0 Å². The van der Waals surface area contributed by atoms with Crippen molar-refractivity contribution in [2.45, 2.75) is 40.3 Å². The highest BCUT2D eigenvalue weighted by Crippen LogP contribution is 2.39. The number of aromatic hydroxyl groups is 1. The average Bonchev–Trinajstić information content (AvgIpc) is 3.15. The highest BCUT2D eigenvalue weighted by Gasteiger charge is 2.21. The molecule has 142 valence electrons. The maximum atomic E-state index is 10.5. The van der Waals surface area contributed by atoms with Crippen LogP contribution in [0.15, 0.2) is 24.3 Å². The van der Waals surface area contributed by atoms with Gasteiger partial charge in [0.2, 0.25) is 0 Å². The van der Waals surface area contributed by atoms with Gasteiger partial charge in [-0.2, -0.15) is 0 Å². The first-order valence-corrected chi connectivity index (χ1v) is 10.2. The number of phenolic OH excluding ortho intramolecular Hbond substituents is 1. The lowest BCUT2D eigenvalue weighted by Crippen LogP contribution is -2.25. The Morgan fingerprint density at radius 2 is 2.15 bits per heavy atom. The molecule has 0 bridgehead atoms. The number of imidazole rings is 1. The summed E-state index contributed by atoms with van der Waals surface area (Å²) in [6.45, 7) is 9.14. The molecular formula is C21H25N3O2S. The van der Waals surface area contributed by atoms with E-state index < -0.39 is 0 Å². The summed E-state index contributed by atoms with van der Waals surface area (Å²) < 4.78 is 5.88. The molecule has 2 aromatic heterocycles. The van der Waals surface area contributed by atoms with Gasteiger partial charge in [0.05, 0.1) is 5.69 Å². The Labute approximate surface area is 163 Å². The van der Waals surface area contributed by atoms with Crippen LogP contribution in [0.4, 0.5) is 0 Å². The van der Waals surface area contributed by atoms with E-state index in [1.54, 1.807) is 11.3 Å². The normalized spacial score (nSPS) is 14.6. The Hall–Kier alpha value is -2.31. The molecule has 0 amide bonds. The summed E-state index contributed by atoms with van der Waals surface area (Å²) in [7, 11) is 0. The number of nitrogens with zero attached hydrogens (tertiary/aromatic N) is 2. The predicted octanol–water partition coefficient (Wildman–Crippen LogP) is 4.42. The van der Waals surface area contributed by atoms with Gasteiger partial charge in [-0.1, -0.05) is 6.92 Å². The number of thiophene rings is 1. The first-order valence-electron chi connectivity index (χ1n) is 9.35. The number of fused-ring (bicyclic) bond motifs is 1. The van der Waals surface area contributed by atoms with Crippen LogP contribution in [0.2, 0.25) is 0 Å². The zero-order valence-electron chi connectivity index (χ0n) is 16.0. The number of nitrogens with one attached hydrogen (secondary N) is 1. The monoisotopic (exact) mass is 383 g/mol. The summed E-state index contributed by atoms with van der Waals surface area (Å²) in [5, 5.41) is 10.5. The van der Waals surface area contributed by atoms with Crippen molar-refractivity contribution < 1.29 is 9.84 Å². The van der Waals surface area contributed by atoms with Gasteiger partial charge in [-0.15, -0.1) is 11.3 Å². The maximum Gasteiger partial charge on any atom is 0.165 e. The number of aromatic nitrogens is 2. The smallest absolute Gasteiger partial charge is 0.165 e. The van der Waals surface area contributed by atoms with Crippen LogP contribution in [-0.2, 0) is 19.5 Å². The fourth-order valence-corrected chi connectivity index (χ4v) is 4.37. The number of aryl methyl sites for hydroxylation is 3. The van der Waals surface area contributed by atoms with Gasteiger partial charge in [0.15, 0.2) is 11.5 Å². The summed E-state index contributed by atoms with van der Waals surface area (Å²) in [4.78, 5) is 12.8. The number of hydrogen-bond acceptors (Lipinski definition) is 5. The van der Waals surface area contributed by atoms with Crippen molar-refractivity contribution in [1.29, 1.82) is 0 Å². The van der Waals surface area contributed by atoms with Crippen LogP contribution >= 0.6 is 11.3 Å². The van der Waals surface area contributed by atoms with Crippen LogP contribution in [0.25, 0.3) is 10.4 Å². The van der Waals surface area contributed by atoms with E-state index in [2.05, 4.69) is 48.9 Å². The Balaban J connectivity index is 1.62. The predicted molar refractivity (Wildman–Crippen MR) is 108 cm³/mol. The number of aromatic amines is 1. The topological polar surface area (TPSA) is 61.4 Å². The van der Waals surface area contributed by atoms with Crippen molar-refractivity contribution in [3.63, 3.8) is 0 Å². The van der Waals surface area contributed by atoms with Gasteiger partial charge in [0.1, 0.15) is 12.4 Å². The molecule has 1 aromatic carbocycles. The fraction of sp³-hybridized carbons (Fsp3) is 0.381. The molecule has 0 spiro atoms. The fourth-order valence-electron chi connectivity index (χ4n) is 3.52. The van der Waals surface area contributed by atoms with Crippen molar-refractivity contribution in [3.05, 3.63) is 51.9 Å². The van der Waals surface area contributed by atoms with Gasteiger partial charge < -0.3 is 14.8 Å². The van der Waals surface area contributed by atoms with Crippen molar-refractivity contribution in [1.82, 2.24) is 14.9 Å². The third-order valence-electron chi connectivity index (χ3n) is 4.96.